The molecular weight excluding hydrogens is 1220 g/mol. The average molecular weight is 1290 g/mol. The molecule has 0 saturated heterocycles. The SMILES string of the molecule is CCCCOc1cc(N)ccc1C(=O)O.Cc1cccc(N)c1C(=O)O.Nc1cc2ccccc2cc1C(=O)O.Nc1ccc(Br)cc1C(=O)O.Nc1ccc(O)c(C(=O)O)c1.Nc1cccc2cc(C(=O)O)ccc12.O=C(O)c1cccc(C(=O)O)c1O. The van der Waals surface area contributed by atoms with Gasteiger partial charge in [0.15, 0.2) is 0 Å². The lowest BCUT2D eigenvalue weighted by Crippen LogP contribution is -2.05. The van der Waals surface area contributed by atoms with Crippen molar-refractivity contribution < 1.29 is 94.2 Å². The summed E-state index contributed by atoms with van der Waals surface area (Å²) in [5.74, 6) is -9.45. The minimum atomic E-state index is -1.36. The second-order valence-corrected chi connectivity index (χ2v) is 19.1. The summed E-state index contributed by atoms with van der Waals surface area (Å²) in [5.41, 5.74) is 36.0. The molecule has 0 aromatic heterocycles. The smallest absolute Gasteiger partial charge is 0.339 e. The molecule has 0 bridgehead atoms. The van der Waals surface area contributed by atoms with Gasteiger partial charge in [0, 0.05) is 50.0 Å². The molecule has 9 rings (SSSR count). The molecular formula is C63H61BrN6O19. The monoisotopic (exact) mass is 1280 g/mol. The number of ether oxygens (including phenoxy) is 1. The highest BCUT2D eigenvalue weighted by atomic mass is 79.9. The number of rotatable bonds is 12. The van der Waals surface area contributed by atoms with Crippen molar-refractivity contribution in [1.82, 2.24) is 0 Å². The maximum absolute atomic E-state index is 10.8. The van der Waals surface area contributed by atoms with E-state index in [1.54, 1.807) is 85.8 Å². The molecule has 25 nitrogen and oxygen atoms in total. The van der Waals surface area contributed by atoms with Gasteiger partial charge in [-0.15, -0.1) is 0 Å². The van der Waals surface area contributed by atoms with Crippen molar-refractivity contribution in [3.8, 4) is 17.2 Å². The summed E-state index contributed by atoms with van der Waals surface area (Å²) in [7, 11) is 0. The van der Waals surface area contributed by atoms with Crippen LogP contribution in [0, 0.1) is 6.92 Å². The molecule has 0 aliphatic heterocycles. The number of carboxylic acid groups (broad SMARTS) is 8. The lowest BCUT2D eigenvalue weighted by Gasteiger charge is -2.09. The van der Waals surface area contributed by atoms with Crippen LogP contribution in [0.25, 0.3) is 21.5 Å². The highest BCUT2D eigenvalue weighted by Crippen LogP contribution is 2.26. The molecule has 26 heteroatoms. The fourth-order valence-corrected chi connectivity index (χ4v) is 7.72. The van der Waals surface area contributed by atoms with Crippen molar-refractivity contribution in [3.05, 3.63) is 218 Å². The van der Waals surface area contributed by atoms with Crippen LogP contribution in [0.3, 0.4) is 0 Å². The second-order valence-electron chi connectivity index (χ2n) is 18.2. The van der Waals surface area contributed by atoms with E-state index in [4.69, 9.17) is 90.2 Å². The third kappa shape index (κ3) is 21.8. The van der Waals surface area contributed by atoms with Crippen molar-refractivity contribution in [2.24, 2.45) is 0 Å². The number of carbonyl (C=O) groups is 8. The maximum atomic E-state index is 10.8. The molecule has 0 aliphatic rings. The first kappa shape index (κ1) is 71.2. The van der Waals surface area contributed by atoms with Crippen molar-refractivity contribution in [2.75, 3.05) is 41.0 Å². The van der Waals surface area contributed by atoms with Gasteiger partial charge in [-0.05, 0) is 132 Å². The predicted molar refractivity (Wildman–Crippen MR) is 338 cm³/mol. The molecule has 0 amide bonds. The van der Waals surface area contributed by atoms with Crippen LogP contribution in [0.5, 0.6) is 17.2 Å². The summed E-state index contributed by atoms with van der Waals surface area (Å²) in [6.07, 6.45) is 1.90. The Labute approximate surface area is 514 Å². The zero-order chi connectivity index (χ0) is 66.8. The number of para-hydroxylation sites is 1. The van der Waals surface area contributed by atoms with Crippen LogP contribution in [-0.4, -0.2) is 105 Å². The number of fused-ring (bicyclic) bond motifs is 2. The largest absolute Gasteiger partial charge is 0.507 e. The lowest BCUT2D eigenvalue weighted by molar-refractivity contribution is 0.0672. The van der Waals surface area contributed by atoms with Gasteiger partial charge in [0.05, 0.1) is 28.9 Å². The van der Waals surface area contributed by atoms with Gasteiger partial charge < -0.3 is 90.2 Å². The number of hydrogen-bond donors (Lipinski definition) is 16. The minimum absolute atomic E-state index is 0.124. The second kappa shape index (κ2) is 34.0. The Morgan fingerprint density at radius 2 is 0.921 bits per heavy atom. The Hall–Kier alpha value is -12.1. The first-order valence-corrected chi connectivity index (χ1v) is 26.4. The van der Waals surface area contributed by atoms with Crippen LogP contribution in [-0.2, 0) is 0 Å². The summed E-state index contributed by atoms with van der Waals surface area (Å²) >= 11 is 3.15. The number of aryl methyl sites for hydroxylation is 1. The molecule has 0 atom stereocenters. The van der Waals surface area contributed by atoms with E-state index in [0.717, 1.165) is 46.5 Å². The molecule has 464 valence electrons. The van der Waals surface area contributed by atoms with Crippen molar-refractivity contribution in [2.45, 2.75) is 26.7 Å². The number of carboxylic acids is 8. The Bertz CT molecular complexity index is 3950. The van der Waals surface area contributed by atoms with E-state index in [9.17, 15) is 38.4 Å². The van der Waals surface area contributed by atoms with Crippen LogP contribution in [0.15, 0.2) is 168 Å². The molecule has 0 fully saturated rings. The van der Waals surface area contributed by atoms with Gasteiger partial charge in [0.2, 0.25) is 0 Å². The van der Waals surface area contributed by atoms with E-state index in [2.05, 4.69) is 15.9 Å². The van der Waals surface area contributed by atoms with E-state index in [1.165, 1.54) is 36.4 Å². The third-order valence-electron chi connectivity index (χ3n) is 11.8. The predicted octanol–water partition coefficient (Wildman–Crippen LogP) is 10.9. The van der Waals surface area contributed by atoms with Gasteiger partial charge in [0.1, 0.15) is 39.5 Å². The van der Waals surface area contributed by atoms with Crippen molar-refractivity contribution in [3.63, 3.8) is 0 Å². The fraction of sp³-hybridized carbons (Fsp3) is 0.0794. The minimum Gasteiger partial charge on any atom is -0.507 e. The Morgan fingerprint density at radius 3 is 1.43 bits per heavy atom. The van der Waals surface area contributed by atoms with Gasteiger partial charge in [-0.1, -0.05) is 89.9 Å². The molecule has 9 aromatic rings. The van der Waals surface area contributed by atoms with Crippen LogP contribution in [0.2, 0.25) is 0 Å². The molecule has 0 unspecified atom stereocenters. The first-order valence-electron chi connectivity index (χ1n) is 25.7. The summed E-state index contributed by atoms with van der Waals surface area (Å²) in [6, 6.07) is 42.8. The lowest BCUT2D eigenvalue weighted by atomic mass is 10.1. The van der Waals surface area contributed by atoms with E-state index in [1.807, 2.05) is 43.3 Å². The summed E-state index contributed by atoms with van der Waals surface area (Å²) < 4.78 is 6.07. The number of phenols is 2. The molecule has 89 heavy (non-hydrogen) atoms. The van der Waals surface area contributed by atoms with Crippen LogP contribution in [0.4, 0.5) is 34.1 Å². The van der Waals surface area contributed by atoms with E-state index in [0.29, 0.717) is 50.8 Å². The number of hydrogen-bond acceptors (Lipinski definition) is 17. The van der Waals surface area contributed by atoms with Crippen LogP contribution in [0.1, 0.15) is 108 Å². The number of aromatic carboxylic acids is 8. The summed E-state index contributed by atoms with van der Waals surface area (Å²) in [5, 5.41) is 91.0. The summed E-state index contributed by atoms with van der Waals surface area (Å²) in [4.78, 5) is 84.6. The molecule has 0 radical (unpaired) electrons. The molecule has 22 N–H and O–H groups in total. The third-order valence-corrected chi connectivity index (χ3v) is 12.3. The first-order chi connectivity index (χ1) is 41.9. The van der Waals surface area contributed by atoms with Gasteiger partial charge in [-0.3, -0.25) is 0 Å². The number of nitrogen functional groups attached to an aromatic ring is 6. The normalized spacial score (nSPS) is 9.83. The maximum Gasteiger partial charge on any atom is 0.339 e. The average Bonchev–Trinajstić information content (AvgIpc) is 3.45. The highest BCUT2D eigenvalue weighted by Gasteiger charge is 2.17. The van der Waals surface area contributed by atoms with Crippen LogP contribution >= 0.6 is 15.9 Å². The number of halogens is 1. The van der Waals surface area contributed by atoms with Gasteiger partial charge >= 0.3 is 47.8 Å². The van der Waals surface area contributed by atoms with E-state index >= 15 is 0 Å². The van der Waals surface area contributed by atoms with Gasteiger partial charge in [0.25, 0.3) is 0 Å². The molecule has 9 aromatic carbocycles. The molecule has 0 saturated carbocycles. The van der Waals surface area contributed by atoms with Crippen molar-refractivity contribution in [1.29, 1.82) is 0 Å². The van der Waals surface area contributed by atoms with Gasteiger partial charge in [-0.2, -0.15) is 0 Å². The van der Waals surface area contributed by atoms with Gasteiger partial charge in [-0.25, -0.2) is 38.4 Å². The zero-order valence-electron chi connectivity index (χ0n) is 47.2. The Morgan fingerprint density at radius 1 is 0.416 bits per heavy atom. The van der Waals surface area contributed by atoms with E-state index < -0.39 is 64.6 Å². The Balaban J connectivity index is 0.000000272. The number of nitrogens with two attached hydrogens (primary N) is 6. The topological polar surface area (TPSA) is 504 Å². The van der Waals surface area contributed by atoms with E-state index in [-0.39, 0.29) is 44.8 Å². The van der Waals surface area contributed by atoms with Crippen molar-refractivity contribution >= 4 is 119 Å². The number of unbranched alkanes of at least 4 members (excludes halogenated alkanes) is 1. The number of anilines is 6. The summed E-state index contributed by atoms with van der Waals surface area (Å²) in [6.45, 7) is 4.28. The Kier molecular flexibility index (Phi) is 27.2. The molecule has 0 heterocycles. The number of aromatic hydroxyl groups is 2. The number of benzene rings is 9. The molecule has 0 aliphatic carbocycles. The fourth-order valence-electron chi connectivity index (χ4n) is 7.36. The zero-order valence-corrected chi connectivity index (χ0v) is 48.8. The molecule has 0 spiro atoms. The quantitative estimate of drug-likeness (QED) is 0.0307. The highest BCUT2D eigenvalue weighted by molar-refractivity contribution is 9.10. The van der Waals surface area contributed by atoms with Crippen LogP contribution < -0.4 is 39.1 Å². The standard InChI is InChI=1S/C11H15NO3.2C11H9NO2.C8H9NO2.C8H6O5.C7H6BrNO2.C7H7NO3/c1-2-3-6-15-10-7-8(12)4-5-9(10)11(13)14;12-10-3-1-2-7-6-8(11(13)14)4-5-9(7)10;12-10-6-8-4-2-1-3-7(8)5-9(10)11(13)14;1-5-3-2-4-6(9)7(5)8(10)11;9-6-4(7(10)11)2-1-3-5(6)8(12)13;2*8-4-1-2-6(9)5(3-4)7(10)11/h4-5,7H,2-3,6,12H2,1H3,(H,13,14);2*1-6H,12H2,(H,13,14);2-4H,9H2,1H3,(H,10,11);1-3,9H,(H,10,11)(H,12,13);1-3H,9H2,(H,10,11);1-3,9H,8H2,(H,10,11).